The number of aromatic nitrogens is 2. The zero-order valence-corrected chi connectivity index (χ0v) is 11.9. The van der Waals surface area contributed by atoms with Crippen molar-refractivity contribution in [2.75, 3.05) is 0 Å². The quantitative estimate of drug-likeness (QED) is 0.845. The zero-order valence-electron chi connectivity index (χ0n) is 11.9. The molecule has 0 aliphatic heterocycles. The zero-order chi connectivity index (χ0) is 15.0. The highest BCUT2D eigenvalue weighted by Gasteiger charge is 2.15. The van der Waals surface area contributed by atoms with Gasteiger partial charge in [-0.1, -0.05) is 17.7 Å². The minimum Gasteiger partial charge on any atom is -0.313 e. The summed E-state index contributed by atoms with van der Waals surface area (Å²) >= 11 is 0. The fourth-order valence-electron chi connectivity index (χ4n) is 2.45. The number of aryl methyl sites for hydroxylation is 3. The van der Waals surface area contributed by atoms with Crippen molar-refractivity contribution in [3.05, 3.63) is 61.4 Å². The molecule has 0 amide bonds. The predicted molar refractivity (Wildman–Crippen MR) is 76.9 cm³/mol. The summed E-state index contributed by atoms with van der Waals surface area (Å²) in [5.41, 5.74) is 2.06. The van der Waals surface area contributed by atoms with Crippen molar-refractivity contribution in [1.29, 1.82) is 0 Å². The van der Waals surface area contributed by atoms with Crippen LogP contribution in [0.2, 0.25) is 0 Å². The number of nitrogens with zero attached hydrogens (tertiary/aromatic N) is 1. The van der Waals surface area contributed by atoms with Crippen LogP contribution in [0.4, 0.5) is 0 Å². The molecule has 0 aliphatic carbocycles. The highest BCUT2D eigenvalue weighted by molar-refractivity contribution is 5.93. The van der Waals surface area contributed by atoms with E-state index in [9.17, 15) is 14.4 Å². The van der Waals surface area contributed by atoms with Crippen LogP contribution in [0.5, 0.6) is 0 Å². The van der Waals surface area contributed by atoms with E-state index in [1.807, 2.05) is 32.9 Å². The summed E-state index contributed by atoms with van der Waals surface area (Å²) in [6, 6.07) is 3.79. The van der Waals surface area contributed by atoms with Gasteiger partial charge in [0.05, 0.1) is 11.3 Å². The molecule has 1 aromatic heterocycles. The minimum absolute atomic E-state index is 0.0241. The Hall–Kier alpha value is -2.43. The predicted octanol–water partition coefficient (Wildman–Crippen LogP) is 1.65. The van der Waals surface area contributed by atoms with Gasteiger partial charge in [0.25, 0.3) is 5.56 Å². The van der Waals surface area contributed by atoms with Crippen LogP contribution in [-0.4, -0.2) is 15.3 Å². The van der Waals surface area contributed by atoms with Crippen LogP contribution in [0.25, 0.3) is 5.69 Å². The first-order valence-corrected chi connectivity index (χ1v) is 6.27. The molecule has 0 radical (unpaired) electrons. The van der Waals surface area contributed by atoms with Gasteiger partial charge in [0.2, 0.25) is 0 Å². The molecular weight excluding hydrogens is 256 g/mol. The lowest BCUT2D eigenvalue weighted by molar-refractivity contribution is 0.101. The van der Waals surface area contributed by atoms with Gasteiger partial charge in [0.1, 0.15) is 0 Å². The maximum atomic E-state index is 12.3. The molecule has 0 unspecified atom stereocenters. The van der Waals surface area contributed by atoms with Crippen molar-refractivity contribution in [3.63, 3.8) is 0 Å². The summed E-state index contributed by atoms with van der Waals surface area (Å²) in [6.45, 7) is 6.92. The number of rotatable bonds is 2. The number of ketones is 1. The lowest BCUT2D eigenvalue weighted by Crippen LogP contribution is -2.37. The first-order chi connectivity index (χ1) is 9.32. The molecule has 0 bridgehead atoms. The molecule has 2 aromatic rings. The number of benzene rings is 1. The van der Waals surface area contributed by atoms with E-state index in [1.54, 1.807) is 0 Å². The molecule has 1 N–H and O–H groups in total. The maximum absolute atomic E-state index is 12.3. The van der Waals surface area contributed by atoms with E-state index in [2.05, 4.69) is 4.98 Å². The third kappa shape index (κ3) is 2.22. The van der Waals surface area contributed by atoms with Crippen molar-refractivity contribution in [2.45, 2.75) is 27.7 Å². The number of carbonyl (C=O) groups excluding carboxylic acids is 1. The molecule has 0 atom stereocenters. The molecule has 1 heterocycles. The minimum atomic E-state index is -0.587. The third-order valence-electron chi connectivity index (χ3n) is 3.21. The molecule has 5 nitrogen and oxygen atoms in total. The van der Waals surface area contributed by atoms with Gasteiger partial charge in [-0.05, 0) is 38.8 Å². The Morgan fingerprint density at radius 2 is 1.65 bits per heavy atom. The van der Waals surface area contributed by atoms with Gasteiger partial charge in [-0.2, -0.15) is 0 Å². The number of nitrogens with one attached hydrogen (secondary N) is 1. The average Bonchev–Trinajstić information content (AvgIpc) is 2.31. The summed E-state index contributed by atoms with van der Waals surface area (Å²) in [7, 11) is 0. The largest absolute Gasteiger partial charge is 0.333 e. The number of hydrogen-bond acceptors (Lipinski definition) is 3. The third-order valence-corrected chi connectivity index (χ3v) is 3.21. The van der Waals surface area contributed by atoms with Crippen molar-refractivity contribution >= 4 is 5.78 Å². The lowest BCUT2D eigenvalue weighted by Gasteiger charge is -2.13. The van der Waals surface area contributed by atoms with Crippen LogP contribution in [0.1, 0.15) is 34.0 Å². The highest BCUT2D eigenvalue weighted by atomic mass is 16.2. The topological polar surface area (TPSA) is 71.9 Å². The first-order valence-electron chi connectivity index (χ1n) is 6.27. The molecule has 0 aliphatic rings. The Bertz CT molecular complexity index is 790. The molecule has 2 rings (SSSR count). The highest BCUT2D eigenvalue weighted by Crippen LogP contribution is 2.18. The van der Waals surface area contributed by atoms with E-state index >= 15 is 0 Å². The Labute approximate surface area is 115 Å². The van der Waals surface area contributed by atoms with Crippen LogP contribution in [0.3, 0.4) is 0 Å². The van der Waals surface area contributed by atoms with Gasteiger partial charge >= 0.3 is 5.69 Å². The molecule has 104 valence electrons. The summed E-state index contributed by atoms with van der Waals surface area (Å²) in [5.74, 6) is -0.373. The molecular formula is C15H16N2O3. The fourth-order valence-corrected chi connectivity index (χ4v) is 2.45. The number of hydrogen-bond donors (Lipinski definition) is 1. The molecule has 0 saturated heterocycles. The molecule has 20 heavy (non-hydrogen) atoms. The van der Waals surface area contributed by atoms with E-state index < -0.39 is 11.2 Å². The van der Waals surface area contributed by atoms with Crippen molar-refractivity contribution < 1.29 is 4.79 Å². The van der Waals surface area contributed by atoms with E-state index in [0.717, 1.165) is 21.3 Å². The van der Waals surface area contributed by atoms with Crippen LogP contribution in [-0.2, 0) is 0 Å². The van der Waals surface area contributed by atoms with Gasteiger partial charge in [-0.15, -0.1) is 0 Å². The van der Waals surface area contributed by atoms with Crippen LogP contribution < -0.4 is 11.2 Å². The average molecular weight is 272 g/mol. The number of carbonyl (C=O) groups is 1. The SMILES string of the molecule is CC(=O)c1c[nH]c(=O)n(-c2c(C)cc(C)cc2C)c1=O. The summed E-state index contributed by atoms with van der Waals surface area (Å²) < 4.78 is 1.03. The lowest BCUT2D eigenvalue weighted by atomic mass is 10.0. The summed E-state index contributed by atoms with van der Waals surface area (Å²) in [5, 5.41) is 0. The molecule has 0 saturated carbocycles. The standard InChI is InChI=1S/C15H16N2O3/c1-8-5-9(2)13(10(3)6-8)17-14(19)12(11(4)18)7-16-15(17)20/h5-7H,1-4H3,(H,16,20). The molecule has 1 aromatic carbocycles. The van der Waals surface area contributed by atoms with Crippen molar-refractivity contribution in [1.82, 2.24) is 9.55 Å². The number of H-pyrrole nitrogens is 1. The monoisotopic (exact) mass is 272 g/mol. The Morgan fingerprint density at radius 3 is 2.15 bits per heavy atom. The van der Waals surface area contributed by atoms with Gasteiger partial charge in [-0.3, -0.25) is 9.59 Å². The Balaban J connectivity index is 2.91. The van der Waals surface area contributed by atoms with Crippen LogP contribution in [0.15, 0.2) is 27.9 Å². The van der Waals surface area contributed by atoms with E-state index in [0.29, 0.717) is 5.69 Å². The molecule has 5 heteroatoms. The van der Waals surface area contributed by atoms with Crippen molar-refractivity contribution in [2.24, 2.45) is 0 Å². The second kappa shape index (κ2) is 4.92. The van der Waals surface area contributed by atoms with Gasteiger partial charge in [0.15, 0.2) is 5.78 Å². The van der Waals surface area contributed by atoms with E-state index in [1.165, 1.54) is 13.1 Å². The van der Waals surface area contributed by atoms with Crippen LogP contribution in [0, 0.1) is 20.8 Å². The maximum Gasteiger partial charge on any atom is 0.333 e. The van der Waals surface area contributed by atoms with E-state index in [4.69, 9.17) is 0 Å². The van der Waals surface area contributed by atoms with Gasteiger partial charge in [-0.25, -0.2) is 9.36 Å². The fraction of sp³-hybridized carbons (Fsp3) is 0.267. The van der Waals surface area contributed by atoms with Gasteiger partial charge in [0, 0.05) is 6.20 Å². The Kier molecular flexibility index (Phi) is 3.44. The summed E-state index contributed by atoms with van der Waals surface area (Å²) in [4.78, 5) is 38.2. The Morgan fingerprint density at radius 1 is 1.10 bits per heavy atom. The van der Waals surface area contributed by atoms with Crippen LogP contribution >= 0.6 is 0 Å². The number of aromatic amines is 1. The normalized spacial score (nSPS) is 10.6. The number of Topliss-reactive ketones (excluding diaryl/α,β-unsaturated/α-hetero) is 1. The van der Waals surface area contributed by atoms with Gasteiger partial charge < -0.3 is 4.98 Å². The van der Waals surface area contributed by atoms with Crippen molar-refractivity contribution in [3.8, 4) is 5.69 Å². The second-order valence-corrected chi connectivity index (χ2v) is 4.95. The smallest absolute Gasteiger partial charge is 0.313 e. The van der Waals surface area contributed by atoms with E-state index in [-0.39, 0.29) is 11.3 Å². The first kappa shape index (κ1) is 14.0. The second-order valence-electron chi connectivity index (χ2n) is 4.95. The molecule has 0 fully saturated rings. The summed E-state index contributed by atoms with van der Waals surface area (Å²) in [6.07, 6.45) is 1.17. The molecule has 0 spiro atoms.